The van der Waals surface area contributed by atoms with Crippen molar-refractivity contribution in [2.24, 2.45) is 0 Å². The molecule has 4 heterocycles. The molecule has 2 aromatic carbocycles. The van der Waals surface area contributed by atoms with E-state index in [0.29, 0.717) is 53.6 Å². The first kappa shape index (κ1) is 37.1. The van der Waals surface area contributed by atoms with Gasteiger partial charge in [-0.3, -0.25) is 19.2 Å². The van der Waals surface area contributed by atoms with Crippen LogP contribution in [0.1, 0.15) is 27.0 Å². The maximum Gasteiger partial charge on any atom is 0.416 e. The van der Waals surface area contributed by atoms with Gasteiger partial charge in [-0.15, -0.1) is 0 Å². The second kappa shape index (κ2) is 15.5. The van der Waals surface area contributed by atoms with Gasteiger partial charge in [0, 0.05) is 76.6 Å². The number of benzene rings is 2. The summed E-state index contributed by atoms with van der Waals surface area (Å²) in [6, 6.07) is 13.4. The highest BCUT2D eigenvalue weighted by Gasteiger charge is 2.34. The number of hydrogen-bond acceptors (Lipinski definition) is 9. The van der Waals surface area contributed by atoms with Gasteiger partial charge in [-0.25, -0.2) is 9.97 Å². The van der Waals surface area contributed by atoms with Gasteiger partial charge in [-0.05, 0) is 67.5 Å². The maximum atomic E-state index is 14.2. The summed E-state index contributed by atoms with van der Waals surface area (Å²) in [5.74, 6) is 0.295. The average molecular weight is 733 g/mol. The minimum atomic E-state index is -4.58. The van der Waals surface area contributed by atoms with E-state index < -0.39 is 25.7 Å². The normalized spacial score (nSPS) is 14.5. The Morgan fingerprint density at radius 2 is 1.73 bits per heavy atom. The van der Waals surface area contributed by atoms with Gasteiger partial charge in [-0.2, -0.15) is 18.2 Å². The number of aromatic nitrogens is 5. The summed E-state index contributed by atoms with van der Waals surface area (Å²) in [5.41, 5.74) is 1.96. The van der Waals surface area contributed by atoms with E-state index in [2.05, 4.69) is 39.8 Å². The Hall–Kier alpha value is -4.70. The van der Waals surface area contributed by atoms with Crippen LogP contribution in [-0.4, -0.2) is 88.1 Å². The molecule has 6 rings (SSSR count). The molecule has 1 fully saturated rings. The number of ether oxygens (including phenoxy) is 2. The number of anilines is 1. The second-order valence-electron chi connectivity index (χ2n) is 14.3. The van der Waals surface area contributed by atoms with Gasteiger partial charge in [0.15, 0.2) is 17.0 Å². The summed E-state index contributed by atoms with van der Waals surface area (Å²) in [5, 5.41) is 2.64. The number of likely N-dealkylation sites (N-methyl/N-ethyl adjacent to an activating group) is 1. The van der Waals surface area contributed by atoms with Crippen LogP contribution < -0.4 is 10.1 Å². The van der Waals surface area contributed by atoms with E-state index >= 15 is 0 Å². The van der Waals surface area contributed by atoms with Crippen LogP contribution in [0.4, 0.5) is 18.9 Å². The molecule has 0 atom stereocenters. The summed E-state index contributed by atoms with van der Waals surface area (Å²) in [7, 11) is 0.717. The van der Waals surface area contributed by atoms with Crippen molar-refractivity contribution in [3.8, 4) is 23.0 Å². The number of pyridine rings is 1. The van der Waals surface area contributed by atoms with E-state index in [0.717, 1.165) is 25.2 Å². The molecule has 1 saturated heterocycles. The summed E-state index contributed by atoms with van der Waals surface area (Å²) < 4.78 is 56.7. The summed E-state index contributed by atoms with van der Waals surface area (Å²) in [6.07, 6.45) is 0.328. The molecular weight excluding hydrogens is 690 g/mol. The van der Waals surface area contributed by atoms with Gasteiger partial charge in [0.05, 0.1) is 11.9 Å². The Morgan fingerprint density at radius 1 is 0.981 bits per heavy atom. The van der Waals surface area contributed by atoms with Crippen molar-refractivity contribution < 1.29 is 27.4 Å². The Morgan fingerprint density at radius 3 is 2.44 bits per heavy atom. The first-order chi connectivity index (χ1) is 24.7. The molecule has 274 valence electrons. The van der Waals surface area contributed by atoms with Gasteiger partial charge in [0.1, 0.15) is 12.5 Å². The Bertz CT molecular complexity index is 2030. The van der Waals surface area contributed by atoms with Crippen molar-refractivity contribution in [2.45, 2.75) is 52.1 Å². The topological polar surface area (TPSA) is 111 Å². The highest BCUT2D eigenvalue weighted by Crippen LogP contribution is 2.35. The molecule has 15 heteroatoms. The second-order valence-corrected chi connectivity index (χ2v) is 19.9. The third kappa shape index (κ3) is 9.20. The van der Waals surface area contributed by atoms with Crippen molar-refractivity contribution in [3.05, 3.63) is 89.5 Å². The average Bonchev–Trinajstić information content (AvgIpc) is 3.52. The molecule has 11 nitrogen and oxygen atoms in total. The molecular formula is C37H43F3N8O3Si. The van der Waals surface area contributed by atoms with Gasteiger partial charge in [-0.1, -0.05) is 31.8 Å². The number of hydrogen-bond donors (Lipinski definition) is 1. The first-order valence-electron chi connectivity index (χ1n) is 17.2. The number of carbonyl (C=O) groups excluding carboxylic acids is 1. The zero-order valence-electron chi connectivity index (χ0n) is 30.0. The third-order valence-corrected chi connectivity index (χ3v) is 10.6. The van der Waals surface area contributed by atoms with E-state index in [1.165, 1.54) is 18.2 Å². The minimum absolute atomic E-state index is 0.0413. The smallest absolute Gasteiger partial charge is 0.416 e. The van der Waals surface area contributed by atoms with Crippen molar-refractivity contribution in [1.82, 2.24) is 34.3 Å². The largest absolute Gasteiger partial charge is 0.437 e. The number of carbonyl (C=O) groups is 1. The zero-order valence-corrected chi connectivity index (χ0v) is 31.0. The highest BCUT2D eigenvalue weighted by molar-refractivity contribution is 6.76. The molecule has 1 aliphatic heterocycles. The van der Waals surface area contributed by atoms with Crippen LogP contribution in [0.25, 0.3) is 22.6 Å². The zero-order chi connectivity index (χ0) is 37.0. The van der Waals surface area contributed by atoms with Gasteiger partial charge < -0.3 is 19.7 Å². The van der Waals surface area contributed by atoms with Crippen LogP contribution in [0.2, 0.25) is 25.7 Å². The lowest BCUT2D eigenvalue weighted by Gasteiger charge is -2.33. The van der Waals surface area contributed by atoms with Crippen LogP contribution >= 0.6 is 0 Å². The number of amides is 1. The molecule has 0 aliphatic carbocycles. The van der Waals surface area contributed by atoms with Gasteiger partial charge in [0.25, 0.3) is 11.8 Å². The third-order valence-electron chi connectivity index (χ3n) is 8.92. The van der Waals surface area contributed by atoms with Crippen LogP contribution in [0, 0.1) is 6.92 Å². The van der Waals surface area contributed by atoms with E-state index in [9.17, 15) is 18.0 Å². The van der Waals surface area contributed by atoms with Crippen LogP contribution in [-0.2, 0) is 24.2 Å². The van der Waals surface area contributed by atoms with Crippen LogP contribution in [0.5, 0.6) is 11.6 Å². The number of piperazine rings is 1. The number of nitrogens with zero attached hydrogens (tertiary/aromatic N) is 7. The van der Waals surface area contributed by atoms with Crippen molar-refractivity contribution in [1.29, 1.82) is 0 Å². The van der Waals surface area contributed by atoms with E-state index in [-0.39, 0.29) is 36.0 Å². The van der Waals surface area contributed by atoms with Crippen molar-refractivity contribution in [2.75, 3.05) is 45.2 Å². The molecule has 5 aromatic rings. The predicted molar refractivity (Wildman–Crippen MR) is 196 cm³/mol. The predicted octanol–water partition coefficient (Wildman–Crippen LogP) is 7.32. The summed E-state index contributed by atoms with van der Waals surface area (Å²) in [4.78, 5) is 35.7. The number of aryl methyl sites for hydroxylation is 1. The van der Waals surface area contributed by atoms with Crippen molar-refractivity contribution in [3.63, 3.8) is 0 Å². The quantitative estimate of drug-likeness (QED) is 0.104. The summed E-state index contributed by atoms with van der Waals surface area (Å²) >= 11 is 0. The molecule has 3 aromatic heterocycles. The minimum Gasteiger partial charge on any atom is -0.437 e. The van der Waals surface area contributed by atoms with Crippen LogP contribution in [0.15, 0.2) is 67.3 Å². The molecule has 1 N–H and O–H groups in total. The monoisotopic (exact) mass is 732 g/mol. The molecule has 52 heavy (non-hydrogen) atoms. The fraction of sp³-hybridized carbons (Fsp3) is 0.378. The molecule has 0 saturated carbocycles. The number of imidazole rings is 1. The van der Waals surface area contributed by atoms with Gasteiger partial charge in [0.2, 0.25) is 0 Å². The fourth-order valence-corrected chi connectivity index (χ4v) is 6.47. The lowest BCUT2D eigenvalue weighted by molar-refractivity contribution is -0.138. The lowest BCUT2D eigenvalue weighted by atomic mass is 10.0. The molecule has 1 amide bonds. The maximum absolute atomic E-state index is 14.2. The molecule has 0 bridgehead atoms. The number of halogens is 3. The number of alkyl halides is 3. The Kier molecular flexibility index (Phi) is 11.0. The fourth-order valence-electron chi connectivity index (χ4n) is 5.72. The highest BCUT2D eigenvalue weighted by atomic mass is 28.3. The van der Waals surface area contributed by atoms with Crippen LogP contribution in [0.3, 0.4) is 0 Å². The lowest BCUT2D eigenvalue weighted by Crippen LogP contribution is -2.44. The Balaban J connectivity index is 1.25. The van der Waals surface area contributed by atoms with E-state index in [1.807, 2.05) is 18.9 Å². The van der Waals surface area contributed by atoms with Crippen molar-refractivity contribution >= 4 is 30.8 Å². The molecule has 0 unspecified atom stereocenters. The number of nitrogens with one attached hydrogen (secondary N) is 1. The SMILES string of the molecule is Cc1ccc(C(=O)Nc2ccc(CN3CCN(C)CC3)c(C(F)(F)F)c2)cc1Oc1nc(-c2ccncc2)nc2c1ncn2COCC[Si](C)(C)C. The number of fused-ring (bicyclic) bond motifs is 1. The molecule has 1 aliphatic rings. The van der Waals surface area contributed by atoms with E-state index in [1.54, 1.807) is 47.6 Å². The molecule has 0 spiro atoms. The molecule has 0 radical (unpaired) electrons. The van der Waals surface area contributed by atoms with Gasteiger partial charge >= 0.3 is 6.18 Å². The first-order valence-corrected chi connectivity index (χ1v) is 20.9. The van der Waals surface area contributed by atoms with E-state index in [4.69, 9.17) is 19.4 Å². The standard InChI is InChI=1S/C37H43F3N8O3Si/c1-25-6-7-27(35(49)43-29-9-8-28(30(21-29)37(38,39)40)22-47-16-14-46(2)15-17-47)20-31(25)51-36-32-34(44-33(45-36)26-10-12-41-13-11-26)48(23-42-32)24-50-18-19-52(3,4)5/h6-13,20-21,23H,14-19,22,24H2,1-5H3,(H,43,49). The number of rotatable bonds is 12. The summed E-state index contributed by atoms with van der Waals surface area (Å²) in [6.45, 7) is 12.7. The Labute approximate surface area is 301 Å².